The first-order chi connectivity index (χ1) is 6.75. The smallest absolute Gasteiger partial charge is 0.309 e. The van der Waals surface area contributed by atoms with Crippen LogP contribution in [0.2, 0.25) is 0 Å². The van der Waals surface area contributed by atoms with Gasteiger partial charge in [-0.05, 0) is 49.4 Å². The van der Waals surface area contributed by atoms with E-state index < -0.39 is 0 Å². The van der Waals surface area contributed by atoms with Gasteiger partial charge in [0.2, 0.25) is 0 Å². The highest BCUT2D eigenvalue weighted by Crippen LogP contribution is 2.55. The summed E-state index contributed by atoms with van der Waals surface area (Å²) in [5.41, 5.74) is 0. The summed E-state index contributed by atoms with van der Waals surface area (Å²) in [6.45, 7) is 3.04. The van der Waals surface area contributed by atoms with Gasteiger partial charge in [0.05, 0.1) is 12.5 Å². The van der Waals surface area contributed by atoms with Crippen molar-refractivity contribution < 1.29 is 9.53 Å². The summed E-state index contributed by atoms with van der Waals surface area (Å²) in [6.07, 6.45) is 5.03. The predicted molar refractivity (Wildman–Crippen MR) is 52.6 cm³/mol. The first-order valence-corrected chi connectivity index (χ1v) is 5.92. The molecule has 14 heavy (non-hydrogen) atoms. The molecule has 0 N–H and O–H groups in total. The van der Waals surface area contributed by atoms with Crippen LogP contribution in [0.4, 0.5) is 0 Å². The summed E-state index contributed by atoms with van der Waals surface area (Å²) in [5.74, 6) is 3.69. The summed E-state index contributed by atoms with van der Waals surface area (Å²) in [6, 6.07) is 0. The van der Waals surface area contributed by atoms with Gasteiger partial charge in [-0.1, -0.05) is 6.92 Å². The maximum Gasteiger partial charge on any atom is 0.309 e. The van der Waals surface area contributed by atoms with Crippen molar-refractivity contribution in [1.82, 2.24) is 0 Å². The lowest BCUT2D eigenvalue weighted by Crippen LogP contribution is -2.26. The molecule has 1 saturated heterocycles. The van der Waals surface area contributed by atoms with E-state index in [1.807, 2.05) is 0 Å². The van der Waals surface area contributed by atoms with Gasteiger partial charge in [0.15, 0.2) is 0 Å². The topological polar surface area (TPSA) is 26.3 Å². The Labute approximate surface area is 85.0 Å². The molecule has 3 fully saturated rings. The molecule has 3 rings (SSSR count). The van der Waals surface area contributed by atoms with E-state index in [4.69, 9.17) is 4.74 Å². The van der Waals surface area contributed by atoms with Crippen LogP contribution in [-0.2, 0) is 9.53 Å². The van der Waals surface area contributed by atoms with Gasteiger partial charge >= 0.3 is 5.97 Å². The molecule has 2 saturated carbocycles. The lowest BCUT2D eigenvalue weighted by Gasteiger charge is -2.28. The van der Waals surface area contributed by atoms with Crippen LogP contribution in [0.5, 0.6) is 0 Å². The quantitative estimate of drug-likeness (QED) is 0.598. The van der Waals surface area contributed by atoms with E-state index in [9.17, 15) is 4.79 Å². The van der Waals surface area contributed by atoms with Gasteiger partial charge in [0.1, 0.15) is 0 Å². The molecule has 0 aromatic heterocycles. The standard InChI is InChI=1S/C12H18O2/c1-7-4-9-5-8(7)6-11(9)10-2-3-14-12(10)13/h7-11H,2-6H2,1H3. The second-order valence-electron chi connectivity index (χ2n) is 5.43. The molecule has 1 aliphatic heterocycles. The molecule has 3 aliphatic rings. The Kier molecular flexibility index (Phi) is 1.86. The molecular weight excluding hydrogens is 176 g/mol. The fourth-order valence-electron chi connectivity index (χ4n) is 4.00. The number of hydrogen-bond donors (Lipinski definition) is 0. The van der Waals surface area contributed by atoms with Crippen LogP contribution in [0.3, 0.4) is 0 Å². The van der Waals surface area contributed by atoms with Gasteiger partial charge in [0.25, 0.3) is 0 Å². The number of esters is 1. The molecule has 78 valence electrons. The molecule has 2 aliphatic carbocycles. The van der Waals surface area contributed by atoms with Crippen LogP contribution in [0.15, 0.2) is 0 Å². The van der Waals surface area contributed by atoms with E-state index in [-0.39, 0.29) is 11.9 Å². The first kappa shape index (κ1) is 8.75. The van der Waals surface area contributed by atoms with Gasteiger partial charge in [-0.25, -0.2) is 0 Å². The largest absolute Gasteiger partial charge is 0.465 e. The Morgan fingerprint density at radius 3 is 2.57 bits per heavy atom. The lowest BCUT2D eigenvalue weighted by atomic mass is 9.76. The Morgan fingerprint density at radius 1 is 1.21 bits per heavy atom. The number of hydrogen-bond acceptors (Lipinski definition) is 2. The van der Waals surface area contributed by atoms with Crippen LogP contribution in [0, 0.1) is 29.6 Å². The molecule has 0 aromatic rings. The zero-order valence-corrected chi connectivity index (χ0v) is 8.74. The van der Waals surface area contributed by atoms with E-state index in [0.29, 0.717) is 12.5 Å². The average molecular weight is 194 g/mol. The Hall–Kier alpha value is -0.530. The van der Waals surface area contributed by atoms with Crippen LogP contribution < -0.4 is 0 Å². The van der Waals surface area contributed by atoms with Crippen molar-refractivity contribution in [3.8, 4) is 0 Å². The van der Waals surface area contributed by atoms with Crippen molar-refractivity contribution in [3.05, 3.63) is 0 Å². The third-order valence-corrected chi connectivity index (χ3v) is 4.76. The van der Waals surface area contributed by atoms with E-state index >= 15 is 0 Å². The maximum atomic E-state index is 11.5. The highest BCUT2D eigenvalue weighted by atomic mass is 16.5. The molecule has 2 nitrogen and oxygen atoms in total. The van der Waals surface area contributed by atoms with Gasteiger partial charge in [-0.2, -0.15) is 0 Å². The van der Waals surface area contributed by atoms with Crippen molar-refractivity contribution in [3.63, 3.8) is 0 Å². The van der Waals surface area contributed by atoms with Crippen molar-refractivity contribution in [2.75, 3.05) is 6.61 Å². The third kappa shape index (κ3) is 1.12. The van der Waals surface area contributed by atoms with Crippen LogP contribution in [0.25, 0.3) is 0 Å². The number of rotatable bonds is 1. The van der Waals surface area contributed by atoms with Crippen molar-refractivity contribution >= 4 is 5.97 Å². The molecule has 0 radical (unpaired) electrons. The van der Waals surface area contributed by atoms with Crippen molar-refractivity contribution in [2.45, 2.75) is 32.6 Å². The van der Waals surface area contributed by atoms with E-state index in [1.165, 1.54) is 19.3 Å². The zero-order chi connectivity index (χ0) is 9.71. The molecule has 5 unspecified atom stereocenters. The minimum absolute atomic E-state index is 0.0928. The normalized spacial score (nSPS) is 51.2. The highest BCUT2D eigenvalue weighted by Gasteiger charge is 2.49. The summed E-state index contributed by atoms with van der Waals surface area (Å²) in [5, 5.41) is 0. The molecule has 5 atom stereocenters. The van der Waals surface area contributed by atoms with Gasteiger partial charge < -0.3 is 4.74 Å². The third-order valence-electron chi connectivity index (χ3n) is 4.76. The lowest BCUT2D eigenvalue weighted by molar-refractivity contribution is -0.143. The Balaban J connectivity index is 1.73. The summed E-state index contributed by atoms with van der Waals surface area (Å²) in [4.78, 5) is 11.5. The average Bonchev–Trinajstić information content (AvgIpc) is 2.78. The summed E-state index contributed by atoms with van der Waals surface area (Å²) in [7, 11) is 0. The minimum Gasteiger partial charge on any atom is -0.465 e. The molecule has 2 bridgehead atoms. The first-order valence-electron chi connectivity index (χ1n) is 5.92. The van der Waals surface area contributed by atoms with E-state index in [0.717, 1.165) is 24.2 Å². The number of fused-ring (bicyclic) bond motifs is 2. The maximum absolute atomic E-state index is 11.5. The Bertz CT molecular complexity index is 259. The van der Waals surface area contributed by atoms with E-state index in [2.05, 4.69) is 6.92 Å². The fourth-order valence-corrected chi connectivity index (χ4v) is 4.00. The van der Waals surface area contributed by atoms with Crippen molar-refractivity contribution in [2.24, 2.45) is 29.6 Å². The summed E-state index contributed by atoms with van der Waals surface area (Å²) >= 11 is 0. The second-order valence-corrected chi connectivity index (χ2v) is 5.43. The molecule has 0 aromatic carbocycles. The van der Waals surface area contributed by atoms with Crippen LogP contribution in [0.1, 0.15) is 32.6 Å². The number of carbonyl (C=O) groups is 1. The molecule has 0 amide bonds. The van der Waals surface area contributed by atoms with Crippen molar-refractivity contribution in [1.29, 1.82) is 0 Å². The molecule has 0 spiro atoms. The van der Waals surface area contributed by atoms with E-state index in [1.54, 1.807) is 0 Å². The number of ether oxygens (including phenoxy) is 1. The SMILES string of the molecule is CC1CC2CC1CC2C1CCOC1=O. The summed E-state index contributed by atoms with van der Waals surface area (Å²) < 4.78 is 5.07. The van der Waals surface area contributed by atoms with Crippen LogP contribution in [-0.4, -0.2) is 12.6 Å². The molecular formula is C12H18O2. The fraction of sp³-hybridized carbons (Fsp3) is 0.917. The monoisotopic (exact) mass is 194 g/mol. The van der Waals surface area contributed by atoms with Gasteiger partial charge in [-0.15, -0.1) is 0 Å². The van der Waals surface area contributed by atoms with Crippen LogP contribution >= 0.6 is 0 Å². The predicted octanol–water partition coefficient (Wildman–Crippen LogP) is 2.23. The van der Waals surface area contributed by atoms with Gasteiger partial charge in [0, 0.05) is 0 Å². The molecule has 2 heteroatoms. The molecule has 1 heterocycles. The second kappa shape index (κ2) is 2.98. The highest BCUT2D eigenvalue weighted by molar-refractivity contribution is 5.74. The Morgan fingerprint density at radius 2 is 2.07 bits per heavy atom. The van der Waals surface area contributed by atoms with Gasteiger partial charge in [-0.3, -0.25) is 4.79 Å². The minimum atomic E-state index is 0.0928. The number of carbonyl (C=O) groups excluding carboxylic acids is 1. The zero-order valence-electron chi connectivity index (χ0n) is 8.74. The number of cyclic esters (lactones) is 1.